The van der Waals surface area contributed by atoms with Crippen LogP contribution < -0.4 is 5.73 Å². The first kappa shape index (κ1) is 15.4. The van der Waals surface area contributed by atoms with E-state index >= 15 is 0 Å². The summed E-state index contributed by atoms with van der Waals surface area (Å²) in [5.41, 5.74) is 6.97. The van der Waals surface area contributed by atoms with Gasteiger partial charge in [0.25, 0.3) is 0 Å². The van der Waals surface area contributed by atoms with Crippen LogP contribution in [-0.4, -0.2) is 60.0 Å². The number of ether oxygens (including phenoxy) is 1. The highest BCUT2D eigenvalue weighted by molar-refractivity contribution is 7.13. The molecule has 10 heteroatoms. The average Bonchev–Trinajstić information content (AvgIpc) is 3.28. The summed E-state index contributed by atoms with van der Waals surface area (Å²) in [7, 11) is 0. The van der Waals surface area contributed by atoms with Crippen LogP contribution in [0.15, 0.2) is 23.8 Å². The van der Waals surface area contributed by atoms with Crippen molar-refractivity contribution >= 4 is 28.2 Å². The molecule has 24 heavy (non-hydrogen) atoms. The minimum Gasteiger partial charge on any atom is -0.394 e. The van der Waals surface area contributed by atoms with E-state index < -0.39 is 31.1 Å². The van der Waals surface area contributed by atoms with Gasteiger partial charge < -0.3 is 25.8 Å². The largest absolute Gasteiger partial charge is 0.394 e. The Morgan fingerprint density at radius 2 is 2.12 bits per heavy atom. The quantitative estimate of drug-likeness (QED) is 0.507. The van der Waals surface area contributed by atoms with Crippen LogP contribution in [0.2, 0.25) is 0 Å². The molecule has 4 rings (SSSR count). The fourth-order valence-corrected chi connectivity index (χ4v) is 3.56. The van der Waals surface area contributed by atoms with Crippen LogP contribution in [0.25, 0.3) is 21.6 Å². The predicted molar refractivity (Wildman–Crippen MR) is 86.1 cm³/mol. The van der Waals surface area contributed by atoms with E-state index in [1.807, 2.05) is 17.5 Å². The molecular weight excluding hydrogens is 334 g/mol. The highest BCUT2D eigenvalue weighted by Crippen LogP contribution is 2.37. The molecule has 5 N–H and O–H groups in total. The van der Waals surface area contributed by atoms with Gasteiger partial charge in [-0.05, 0) is 11.4 Å². The van der Waals surface area contributed by atoms with Gasteiger partial charge in [-0.2, -0.15) is 5.10 Å². The molecule has 4 heterocycles. The third-order valence-electron chi connectivity index (χ3n) is 4.03. The third kappa shape index (κ3) is 2.19. The second-order valence-corrected chi connectivity index (χ2v) is 6.40. The lowest BCUT2D eigenvalue weighted by atomic mass is 10.1. The number of aliphatic hydroxyl groups is 3. The molecule has 1 aliphatic heterocycles. The number of aliphatic hydroxyl groups excluding tert-OH is 3. The van der Waals surface area contributed by atoms with Crippen molar-refractivity contribution in [3.8, 4) is 10.6 Å². The Morgan fingerprint density at radius 1 is 1.29 bits per heavy atom. The summed E-state index contributed by atoms with van der Waals surface area (Å²) >= 11 is 1.48. The predicted octanol–water partition coefficient (Wildman–Crippen LogP) is -0.252. The van der Waals surface area contributed by atoms with Gasteiger partial charge in [0.1, 0.15) is 36.2 Å². The standard InChI is InChI=1S/C14H15N5O4S/c15-12-8-9(7-2-1-3-24-7)18-19(13(8)17-5-16-12)14-11(22)10(21)6(4-20)23-14/h1-3,5-6,10-11,14,20-22H,4H2,(H2,15,16,17)/t6-,10+,11+,14-/m1/s1. The van der Waals surface area contributed by atoms with Crippen LogP contribution >= 0.6 is 11.3 Å². The van der Waals surface area contributed by atoms with Gasteiger partial charge in [-0.3, -0.25) is 0 Å². The Bertz CT molecular complexity index is 868. The summed E-state index contributed by atoms with van der Waals surface area (Å²) in [6.45, 7) is -0.414. The molecule has 0 amide bonds. The Morgan fingerprint density at radius 3 is 2.79 bits per heavy atom. The van der Waals surface area contributed by atoms with E-state index in [4.69, 9.17) is 10.5 Å². The maximum Gasteiger partial charge on any atom is 0.181 e. The van der Waals surface area contributed by atoms with E-state index in [1.54, 1.807) is 0 Å². The minimum absolute atomic E-state index is 0.265. The lowest BCUT2D eigenvalue weighted by Gasteiger charge is -2.15. The fraction of sp³-hybridized carbons (Fsp3) is 0.357. The molecule has 1 fully saturated rings. The first-order chi connectivity index (χ1) is 11.6. The van der Waals surface area contributed by atoms with Crippen molar-refractivity contribution in [2.24, 2.45) is 0 Å². The Hall–Kier alpha value is -2.11. The van der Waals surface area contributed by atoms with Crippen LogP contribution in [0.4, 0.5) is 5.82 Å². The number of nitrogen functional groups attached to an aromatic ring is 1. The summed E-state index contributed by atoms with van der Waals surface area (Å²) in [5.74, 6) is 0.265. The number of thiophene rings is 1. The van der Waals surface area contributed by atoms with Crippen molar-refractivity contribution in [2.75, 3.05) is 12.3 Å². The maximum absolute atomic E-state index is 10.3. The van der Waals surface area contributed by atoms with E-state index in [1.165, 1.54) is 22.3 Å². The first-order valence-corrected chi connectivity index (χ1v) is 8.14. The van der Waals surface area contributed by atoms with Crippen molar-refractivity contribution in [3.63, 3.8) is 0 Å². The zero-order valence-electron chi connectivity index (χ0n) is 12.4. The highest BCUT2D eigenvalue weighted by Gasteiger charge is 2.44. The molecule has 126 valence electrons. The van der Waals surface area contributed by atoms with Crippen molar-refractivity contribution < 1.29 is 20.1 Å². The number of rotatable bonds is 3. The summed E-state index contributed by atoms with van der Waals surface area (Å²) in [4.78, 5) is 9.08. The van der Waals surface area contributed by atoms with Crippen molar-refractivity contribution in [1.82, 2.24) is 19.7 Å². The molecule has 1 aliphatic rings. The Balaban J connectivity index is 1.90. The van der Waals surface area contributed by atoms with E-state index in [0.717, 1.165) is 4.88 Å². The summed E-state index contributed by atoms with van der Waals surface area (Å²) < 4.78 is 6.93. The second-order valence-electron chi connectivity index (χ2n) is 5.46. The Labute approximate surface area is 140 Å². The van der Waals surface area contributed by atoms with Gasteiger partial charge >= 0.3 is 0 Å². The number of fused-ring (bicyclic) bond motifs is 1. The number of hydrogen-bond donors (Lipinski definition) is 4. The number of anilines is 1. The summed E-state index contributed by atoms with van der Waals surface area (Å²) in [5, 5.41) is 36.5. The van der Waals surface area contributed by atoms with Gasteiger partial charge in [-0.15, -0.1) is 11.3 Å². The van der Waals surface area contributed by atoms with E-state index in [-0.39, 0.29) is 5.82 Å². The third-order valence-corrected chi connectivity index (χ3v) is 4.91. The van der Waals surface area contributed by atoms with Crippen LogP contribution in [0, 0.1) is 0 Å². The molecule has 0 aromatic carbocycles. The van der Waals surface area contributed by atoms with Crippen LogP contribution in [0.1, 0.15) is 6.23 Å². The van der Waals surface area contributed by atoms with Gasteiger partial charge in [-0.25, -0.2) is 14.6 Å². The average molecular weight is 349 g/mol. The van der Waals surface area contributed by atoms with E-state index in [9.17, 15) is 15.3 Å². The van der Waals surface area contributed by atoms with Crippen LogP contribution in [0.5, 0.6) is 0 Å². The zero-order valence-corrected chi connectivity index (χ0v) is 13.2. The van der Waals surface area contributed by atoms with Gasteiger partial charge in [-0.1, -0.05) is 6.07 Å². The van der Waals surface area contributed by atoms with Crippen LogP contribution in [0.3, 0.4) is 0 Å². The monoisotopic (exact) mass is 349 g/mol. The zero-order chi connectivity index (χ0) is 16.8. The molecule has 4 atom stereocenters. The van der Waals surface area contributed by atoms with Crippen molar-refractivity contribution in [3.05, 3.63) is 23.8 Å². The van der Waals surface area contributed by atoms with Crippen molar-refractivity contribution in [2.45, 2.75) is 24.5 Å². The molecular formula is C14H15N5O4S. The number of hydrogen-bond acceptors (Lipinski definition) is 9. The van der Waals surface area contributed by atoms with E-state index in [0.29, 0.717) is 16.7 Å². The summed E-state index contributed by atoms with van der Waals surface area (Å²) in [6.07, 6.45) is -3.05. The molecule has 3 aromatic heterocycles. The topological polar surface area (TPSA) is 140 Å². The molecule has 0 saturated carbocycles. The second kappa shape index (κ2) is 5.76. The van der Waals surface area contributed by atoms with Gasteiger partial charge in [0.05, 0.1) is 16.9 Å². The van der Waals surface area contributed by atoms with Gasteiger partial charge in [0, 0.05) is 0 Å². The SMILES string of the molecule is Nc1ncnc2c1c(-c1cccs1)nn2[C@@H]1O[C@H](CO)[C@H](O)[C@@H]1O. The van der Waals surface area contributed by atoms with Crippen molar-refractivity contribution in [1.29, 1.82) is 0 Å². The van der Waals surface area contributed by atoms with Crippen LogP contribution in [-0.2, 0) is 4.74 Å². The molecule has 0 unspecified atom stereocenters. The summed E-state index contributed by atoms with van der Waals surface area (Å²) in [6, 6.07) is 3.78. The number of nitrogens with two attached hydrogens (primary N) is 1. The smallest absolute Gasteiger partial charge is 0.181 e. The molecule has 0 bridgehead atoms. The molecule has 0 aliphatic carbocycles. The molecule has 0 radical (unpaired) electrons. The molecule has 0 spiro atoms. The normalized spacial score (nSPS) is 27.1. The highest BCUT2D eigenvalue weighted by atomic mass is 32.1. The molecule has 1 saturated heterocycles. The maximum atomic E-state index is 10.3. The Kier molecular flexibility index (Phi) is 3.70. The first-order valence-electron chi connectivity index (χ1n) is 7.27. The number of nitrogens with zero attached hydrogens (tertiary/aromatic N) is 4. The van der Waals surface area contributed by atoms with E-state index in [2.05, 4.69) is 15.1 Å². The van der Waals surface area contributed by atoms with Gasteiger partial charge in [0.2, 0.25) is 0 Å². The minimum atomic E-state index is -1.25. The lowest BCUT2D eigenvalue weighted by Crippen LogP contribution is -2.33. The molecule has 9 nitrogen and oxygen atoms in total. The lowest BCUT2D eigenvalue weighted by molar-refractivity contribution is -0.0565. The number of aromatic nitrogens is 4. The molecule has 3 aromatic rings. The van der Waals surface area contributed by atoms with Gasteiger partial charge in [0.15, 0.2) is 11.9 Å². The fourth-order valence-electron chi connectivity index (χ4n) is 2.84.